The Morgan fingerprint density at radius 2 is 1.63 bits per heavy atom. The second-order valence-electron chi connectivity index (χ2n) is 4.66. The van der Waals surface area contributed by atoms with Crippen molar-refractivity contribution in [3.8, 4) is 0 Å². The largest absolute Gasteiger partial charge is 0.350 e. The van der Waals surface area contributed by atoms with E-state index in [1.54, 1.807) is 38.1 Å². The highest BCUT2D eigenvalue weighted by Gasteiger charge is 2.32. The van der Waals surface area contributed by atoms with Gasteiger partial charge in [0.05, 0.1) is 6.04 Å². The van der Waals surface area contributed by atoms with Gasteiger partial charge in [-0.3, -0.25) is 14.4 Å². The molecule has 1 amide bonds. The summed E-state index contributed by atoms with van der Waals surface area (Å²) in [7, 11) is 0. The monoisotopic (exact) mass is 257 g/mol. The Balaban J connectivity index is 2.51. The number of rotatable bonds is 2. The molecule has 1 aliphatic rings. The topological polar surface area (TPSA) is 63.2 Å². The van der Waals surface area contributed by atoms with Gasteiger partial charge in [0.15, 0.2) is 11.6 Å². The summed E-state index contributed by atoms with van der Waals surface area (Å²) >= 11 is 0. The Morgan fingerprint density at radius 1 is 1.11 bits per heavy atom. The first-order valence-electron chi connectivity index (χ1n) is 6.09. The van der Waals surface area contributed by atoms with Crippen molar-refractivity contribution >= 4 is 17.5 Å². The Morgan fingerprint density at radius 3 is 2.16 bits per heavy atom. The summed E-state index contributed by atoms with van der Waals surface area (Å²) in [4.78, 5) is 35.8. The van der Waals surface area contributed by atoms with Gasteiger partial charge in [-0.25, -0.2) is 0 Å². The van der Waals surface area contributed by atoms with E-state index in [0.717, 1.165) is 0 Å². The van der Waals surface area contributed by atoms with Gasteiger partial charge >= 0.3 is 0 Å². The molecular weight excluding hydrogens is 242 g/mol. The fourth-order valence-corrected chi connectivity index (χ4v) is 2.42. The van der Waals surface area contributed by atoms with Gasteiger partial charge in [0.1, 0.15) is 0 Å². The van der Waals surface area contributed by atoms with E-state index in [0.29, 0.717) is 22.3 Å². The lowest BCUT2D eigenvalue weighted by atomic mass is 9.82. The zero-order valence-electron chi connectivity index (χ0n) is 11.1. The molecule has 0 heterocycles. The maximum atomic E-state index is 12.4. The SMILES string of the molecule is CC(=O)NC(C)C1=C(C)C(=O)c2ccccc2C1=O. The number of carbonyl (C=O) groups excluding carboxylic acids is 3. The smallest absolute Gasteiger partial charge is 0.217 e. The highest BCUT2D eigenvalue weighted by Crippen LogP contribution is 2.27. The lowest BCUT2D eigenvalue weighted by molar-refractivity contribution is -0.119. The Labute approximate surface area is 111 Å². The van der Waals surface area contributed by atoms with E-state index in [1.165, 1.54) is 6.92 Å². The maximum Gasteiger partial charge on any atom is 0.217 e. The second-order valence-corrected chi connectivity index (χ2v) is 4.66. The van der Waals surface area contributed by atoms with Crippen LogP contribution in [-0.2, 0) is 4.79 Å². The van der Waals surface area contributed by atoms with Gasteiger partial charge in [-0.05, 0) is 13.8 Å². The molecule has 19 heavy (non-hydrogen) atoms. The average molecular weight is 257 g/mol. The van der Waals surface area contributed by atoms with Crippen LogP contribution in [-0.4, -0.2) is 23.5 Å². The first-order valence-corrected chi connectivity index (χ1v) is 6.09. The predicted molar refractivity (Wildman–Crippen MR) is 71.1 cm³/mol. The molecule has 0 spiro atoms. The van der Waals surface area contributed by atoms with Crippen molar-refractivity contribution in [1.82, 2.24) is 5.32 Å². The molecule has 4 heteroatoms. The third-order valence-electron chi connectivity index (χ3n) is 3.26. The van der Waals surface area contributed by atoms with Gasteiger partial charge in [-0.15, -0.1) is 0 Å². The number of hydrogen-bond acceptors (Lipinski definition) is 3. The molecule has 0 saturated heterocycles. The number of nitrogens with one attached hydrogen (secondary N) is 1. The van der Waals surface area contributed by atoms with Gasteiger partial charge in [-0.1, -0.05) is 24.3 Å². The highest BCUT2D eigenvalue weighted by molar-refractivity contribution is 6.27. The number of allylic oxidation sites excluding steroid dienone is 1. The molecule has 98 valence electrons. The minimum Gasteiger partial charge on any atom is -0.350 e. The summed E-state index contributed by atoms with van der Waals surface area (Å²) in [5.74, 6) is -0.566. The first kappa shape index (κ1) is 13.2. The third kappa shape index (κ3) is 2.21. The molecule has 0 aromatic heterocycles. The zero-order chi connectivity index (χ0) is 14.2. The molecule has 1 aromatic rings. The van der Waals surface area contributed by atoms with Gasteiger partial charge < -0.3 is 5.32 Å². The van der Waals surface area contributed by atoms with Gasteiger partial charge in [0.2, 0.25) is 5.91 Å². The fraction of sp³-hybridized carbons (Fsp3) is 0.267. The zero-order valence-corrected chi connectivity index (χ0v) is 11.1. The third-order valence-corrected chi connectivity index (χ3v) is 3.26. The van der Waals surface area contributed by atoms with Crippen molar-refractivity contribution in [2.45, 2.75) is 26.8 Å². The van der Waals surface area contributed by atoms with E-state index >= 15 is 0 Å². The number of Topliss-reactive ketones (excluding diaryl/α,β-unsaturated/α-hetero) is 2. The van der Waals surface area contributed by atoms with Crippen molar-refractivity contribution in [3.63, 3.8) is 0 Å². The molecule has 1 atom stereocenters. The van der Waals surface area contributed by atoms with E-state index in [4.69, 9.17) is 0 Å². The summed E-state index contributed by atoms with van der Waals surface area (Å²) in [6, 6.07) is 6.29. The number of ketones is 2. The van der Waals surface area contributed by atoms with E-state index in [2.05, 4.69) is 5.32 Å². The molecule has 1 N–H and O–H groups in total. The number of carbonyl (C=O) groups is 3. The van der Waals surface area contributed by atoms with Crippen LogP contribution in [0.2, 0.25) is 0 Å². The summed E-state index contributed by atoms with van der Waals surface area (Å²) in [5.41, 5.74) is 1.62. The summed E-state index contributed by atoms with van der Waals surface area (Å²) in [6.07, 6.45) is 0. The minimum atomic E-state index is -0.470. The van der Waals surface area contributed by atoms with E-state index in [9.17, 15) is 14.4 Å². The molecule has 1 aromatic carbocycles. The van der Waals surface area contributed by atoms with Crippen LogP contribution >= 0.6 is 0 Å². The Hall–Kier alpha value is -2.23. The molecule has 0 radical (unpaired) electrons. The standard InChI is InChI=1S/C15H15NO3/c1-8-13(9(2)16-10(3)17)15(19)12-7-5-4-6-11(12)14(8)18/h4-7,9H,1-3H3,(H,16,17). The quantitative estimate of drug-likeness (QED) is 0.880. The summed E-state index contributed by atoms with van der Waals surface area (Å²) < 4.78 is 0. The molecule has 2 rings (SSSR count). The number of amides is 1. The fourth-order valence-electron chi connectivity index (χ4n) is 2.42. The molecular formula is C15H15NO3. The predicted octanol–water partition coefficient (Wildman–Crippen LogP) is 1.91. The molecule has 0 aliphatic heterocycles. The minimum absolute atomic E-state index is 0.151. The first-order chi connectivity index (χ1) is 8.93. The molecule has 0 saturated carbocycles. The van der Waals surface area contributed by atoms with Crippen LogP contribution in [0.5, 0.6) is 0 Å². The maximum absolute atomic E-state index is 12.4. The average Bonchev–Trinajstić information content (AvgIpc) is 2.35. The molecule has 4 nitrogen and oxygen atoms in total. The van der Waals surface area contributed by atoms with Crippen LogP contribution in [0, 0.1) is 0 Å². The molecule has 1 aliphatic carbocycles. The van der Waals surface area contributed by atoms with Crippen LogP contribution in [0.15, 0.2) is 35.4 Å². The number of benzene rings is 1. The van der Waals surface area contributed by atoms with Crippen molar-refractivity contribution in [2.75, 3.05) is 0 Å². The van der Waals surface area contributed by atoms with Crippen LogP contribution in [0.4, 0.5) is 0 Å². The summed E-state index contributed by atoms with van der Waals surface area (Å²) in [6.45, 7) is 4.72. The second kappa shape index (κ2) is 4.80. The van der Waals surface area contributed by atoms with Crippen LogP contribution in [0.25, 0.3) is 0 Å². The number of hydrogen-bond donors (Lipinski definition) is 1. The van der Waals surface area contributed by atoms with Gasteiger partial charge in [0.25, 0.3) is 0 Å². The van der Waals surface area contributed by atoms with Crippen LogP contribution in [0.3, 0.4) is 0 Å². The molecule has 0 fully saturated rings. The lowest BCUT2D eigenvalue weighted by Crippen LogP contribution is -2.37. The molecule has 1 unspecified atom stereocenters. The van der Waals surface area contributed by atoms with Crippen LogP contribution in [0.1, 0.15) is 41.5 Å². The summed E-state index contributed by atoms with van der Waals surface area (Å²) in [5, 5.41) is 2.65. The molecule has 0 bridgehead atoms. The highest BCUT2D eigenvalue weighted by atomic mass is 16.2. The number of fused-ring (bicyclic) bond motifs is 1. The van der Waals surface area contributed by atoms with E-state index < -0.39 is 6.04 Å². The Kier molecular flexibility index (Phi) is 3.34. The van der Waals surface area contributed by atoms with Crippen LogP contribution < -0.4 is 5.32 Å². The van der Waals surface area contributed by atoms with E-state index in [1.807, 2.05) is 0 Å². The van der Waals surface area contributed by atoms with Crippen molar-refractivity contribution in [3.05, 3.63) is 46.5 Å². The van der Waals surface area contributed by atoms with Crippen molar-refractivity contribution < 1.29 is 14.4 Å². The Bertz CT molecular complexity index is 614. The van der Waals surface area contributed by atoms with Gasteiger partial charge in [-0.2, -0.15) is 0 Å². The van der Waals surface area contributed by atoms with Crippen molar-refractivity contribution in [2.24, 2.45) is 0 Å². The lowest BCUT2D eigenvalue weighted by Gasteiger charge is -2.23. The normalized spacial score (nSPS) is 16.2. The van der Waals surface area contributed by atoms with Crippen molar-refractivity contribution in [1.29, 1.82) is 0 Å². The van der Waals surface area contributed by atoms with E-state index in [-0.39, 0.29) is 17.5 Å². The van der Waals surface area contributed by atoms with Gasteiger partial charge in [0, 0.05) is 29.2 Å².